The van der Waals surface area contributed by atoms with E-state index in [1.54, 1.807) is 24.3 Å². The Kier molecular flexibility index (Phi) is 3.19. The Hall–Kier alpha value is -1.36. The Balaban J connectivity index is 2.11. The first kappa shape index (κ1) is 12.1. The van der Waals surface area contributed by atoms with E-state index in [-0.39, 0.29) is 6.10 Å². The lowest BCUT2D eigenvalue weighted by Gasteiger charge is -2.06. The number of carbonyl (C=O) groups is 1. The monoisotopic (exact) mass is 254 g/mol. The van der Waals surface area contributed by atoms with Crippen LogP contribution in [0.1, 0.15) is 23.2 Å². The highest BCUT2D eigenvalue weighted by molar-refractivity contribution is 7.91. The summed E-state index contributed by atoms with van der Waals surface area (Å²) >= 11 is 0. The van der Waals surface area contributed by atoms with Crippen molar-refractivity contribution in [3.63, 3.8) is 0 Å². The van der Waals surface area contributed by atoms with Crippen molar-refractivity contribution in [2.24, 2.45) is 0 Å². The Morgan fingerprint density at radius 1 is 1.41 bits per heavy atom. The van der Waals surface area contributed by atoms with Crippen molar-refractivity contribution in [1.82, 2.24) is 0 Å². The molecular formula is C12H14O4S. The van der Waals surface area contributed by atoms with Crippen molar-refractivity contribution >= 4 is 15.6 Å². The number of hydrogen-bond donors (Lipinski definition) is 0. The fraction of sp³-hybridized carbons (Fsp3) is 0.417. The van der Waals surface area contributed by atoms with Gasteiger partial charge in [-0.05, 0) is 25.0 Å². The standard InChI is InChI=1S/C12H14O4S/c1-17(14,15)8-12(13)9-3-2-4-11(7-9)16-10-5-6-10/h2-4,7,10H,5-6,8H2,1H3. The van der Waals surface area contributed by atoms with Crippen LogP contribution in [-0.2, 0) is 9.84 Å². The zero-order valence-corrected chi connectivity index (χ0v) is 10.4. The zero-order chi connectivity index (χ0) is 12.5. The molecule has 1 fully saturated rings. The van der Waals surface area contributed by atoms with Gasteiger partial charge in [0.1, 0.15) is 11.5 Å². The van der Waals surface area contributed by atoms with Crippen LogP contribution in [0.5, 0.6) is 5.75 Å². The number of carbonyl (C=O) groups excluding carboxylic acids is 1. The van der Waals surface area contributed by atoms with E-state index in [0.29, 0.717) is 11.3 Å². The molecular weight excluding hydrogens is 240 g/mol. The summed E-state index contributed by atoms with van der Waals surface area (Å²) in [7, 11) is -3.29. The highest BCUT2D eigenvalue weighted by Crippen LogP contribution is 2.27. The van der Waals surface area contributed by atoms with Gasteiger partial charge >= 0.3 is 0 Å². The predicted molar refractivity (Wildman–Crippen MR) is 64.1 cm³/mol. The third kappa shape index (κ3) is 3.85. The summed E-state index contributed by atoms with van der Waals surface area (Å²) in [4.78, 5) is 11.7. The summed E-state index contributed by atoms with van der Waals surface area (Å²) in [6.45, 7) is 0. The van der Waals surface area contributed by atoms with E-state index in [4.69, 9.17) is 4.74 Å². The molecule has 0 atom stereocenters. The van der Waals surface area contributed by atoms with Gasteiger partial charge in [-0.25, -0.2) is 8.42 Å². The van der Waals surface area contributed by atoms with E-state index < -0.39 is 21.4 Å². The van der Waals surface area contributed by atoms with Crippen LogP contribution < -0.4 is 4.74 Å². The first-order valence-electron chi connectivity index (χ1n) is 5.42. The molecule has 1 aromatic carbocycles. The quantitative estimate of drug-likeness (QED) is 0.746. The van der Waals surface area contributed by atoms with Crippen LogP contribution in [0.3, 0.4) is 0 Å². The van der Waals surface area contributed by atoms with Gasteiger partial charge in [0, 0.05) is 11.8 Å². The molecule has 1 aliphatic rings. The van der Waals surface area contributed by atoms with Crippen LogP contribution in [0.25, 0.3) is 0 Å². The molecule has 0 aromatic heterocycles. The first-order chi connectivity index (χ1) is 7.94. The number of hydrogen-bond acceptors (Lipinski definition) is 4. The van der Waals surface area contributed by atoms with Crippen LogP contribution in [0.2, 0.25) is 0 Å². The summed E-state index contributed by atoms with van der Waals surface area (Å²) in [5.41, 5.74) is 0.383. The smallest absolute Gasteiger partial charge is 0.177 e. The molecule has 0 heterocycles. The topological polar surface area (TPSA) is 60.4 Å². The lowest BCUT2D eigenvalue weighted by molar-refractivity contribution is 0.102. The Morgan fingerprint density at radius 2 is 2.12 bits per heavy atom. The molecule has 2 rings (SSSR count). The molecule has 4 nitrogen and oxygen atoms in total. The number of benzene rings is 1. The third-order valence-electron chi connectivity index (χ3n) is 2.38. The van der Waals surface area contributed by atoms with E-state index in [0.717, 1.165) is 19.1 Å². The molecule has 1 aromatic rings. The minimum Gasteiger partial charge on any atom is -0.490 e. The van der Waals surface area contributed by atoms with E-state index in [2.05, 4.69) is 0 Å². The fourth-order valence-corrected chi connectivity index (χ4v) is 2.09. The summed E-state index contributed by atoms with van der Waals surface area (Å²) < 4.78 is 27.6. The second-order valence-corrected chi connectivity index (χ2v) is 6.48. The SMILES string of the molecule is CS(=O)(=O)CC(=O)c1cccc(OC2CC2)c1. The summed E-state index contributed by atoms with van der Waals surface area (Å²) in [6, 6.07) is 6.68. The van der Waals surface area contributed by atoms with Gasteiger partial charge in [-0.3, -0.25) is 4.79 Å². The molecule has 1 aliphatic carbocycles. The van der Waals surface area contributed by atoms with Gasteiger partial charge in [0.2, 0.25) is 0 Å². The number of ketones is 1. The number of sulfone groups is 1. The predicted octanol–water partition coefficient (Wildman–Crippen LogP) is 1.46. The lowest BCUT2D eigenvalue weighted by Crippen LogP contribution is -2.14. The van der Waals surface area contributed by atoms with Crippen LogP contribution in [0.15, 0.2) is 24.3 Å². The summed E-state index contributed by atoms with van der Waals surface area (Å²) in [5.74, 6) is -0.222. The molecule has 0 unspecified atom stereocenters. The van der Waals surface area contributed by atoms with E-state index in [9.17, 15) is 13.2 Å². The zero-order valence-electron chi connectivity index (χ0n) is 9.55. The highest BCUT2D eigenvalue weighted by atomic mass is 32.2. The van der Waals surface area contributed by atoms with Crippen molar-refractivity contribution in [3.05, 3.63) is 29.8 Å². The molecule has 1 saturated carbocycles. The molecule has 0 amide bonds. The Morgan fingerprint density at radius 3 is 2.71 bits per heavy atom. The van der Waals surface area contributed by atoms with Gasteiger partial charge in [-0.1, -0.05) is 12.1 Å². The van der Waals surface area contributed by atoms with Gasteiger partial charge in [-0.15, -0.1) is 0 Å². The second kappa shape index (κ2) is 4.49. The van der Waals surface area contributed by atoms with E-state index in [1.807, 2.05) is 0 Å². The van der Waals surface area contributed by atoms with E-state index >= 15 is 0 Å². The molecule has 0 radical (unpaired) electrons. The van der Waals surface area contributed by atoms with Gasteiger partial charge in [-0.2, -0.15) is 0 Å². The molecule has 0 saturated heterocycles. The first-order valence-corrected chi connectivity index (χ1v) is 7.48. The molecule has 0 aliphatic heterocycles. The largest absolute Gasteiger partial charge is 0.490 e. The average Bonchev–Trinajstić information content (AvgIpc) is 2.99. The van der Waals surface area contributed by atoms with Crippen molar-refractivity contribution in [2.45, 2.75) is 18.9 Å². The molecule has 0 N–H and O–H groups in total. The van der Waals surface area contributed by atoms with E-state index in [1.165, 1.54) is 0 Å². The highest BCUT2D eigenvalue weighted by Gasteiger charge is 2.23. The Labute approximate surface area is 101 Å². The minimum atomic E-state index is -3.29. The van der Waals surface area contributed by atoms with Crippen LogP contribution >= 0.6 is 0 Å². The maximum absolute atomic E-state index is 11.7. The van der Waals surface area contributed by atoms with Gasteiger partial charge in [0.05, 0.1) is 6.10 Å². The molecule has 0 bridgehead atoms. The molecule has 0 spiro atoms. The normalized spacial score (nSPS) is 15.6. The van der Waals surface area contributed by atoms with Gasteiger partial charge in [0.25, 0.3) is 0 Å². The molecule has 17 heavy (non-hydrogen) atoms. The van der Waals surface area contributed by atoms with Crippen LogP contribution in [0.4, 0.5) is 0 Å². The van der Waals surface area contributed by atoms with Crippen LogP contribution in [-0.4, -0.2) is 32.3 Å². The number of rotatable bonds is 5. The van der Waals surface area contributed by atoms with Gasteiger partial charge < -0.3 is 4.74 Å². The fourth-order valence-electron chi connectivity index (χ4n) is 1.44. The van der Waals surface area contributed by atoms with Crippen molar-refractivity contribution < 1.29 is 17.9 Å². The number of Topliss-reactive ketones (excluding diaryl/α,β-unsaturated/α-hetero) is 1. The molecule has 92 valence electrons. The van der Waals surface area contributed by atoms with Crippen molar-refractivity contribution in [2.75, 3.05) is 12.0 Å². The maximum Gasteiger partial charge on any atom is 0.177 e. The minimum absolute atomic E-state index is 0.259. The van der Waals surface area contributed by atoms with Crippen molar-refractivity contribution in [3.8, 4) is 5.75 Å². The van der Waals surface area contributed by atoms with Crippen molar-refractivity contribution in [1.29, 1.82) is 0 Å². The average molecular weight is 254 g/mol. The third-order valence-corrected chi connectivity index (χ3v) is 3.16. The lowest BCUT2D eigenvalue weighted by atomic mass is 10.1. The Bertz CT molecular complexity index is 529. The summed E-state index contributed by atoms with van der Waals surface area (Å²) in [5, 5.41) is 0. The van der Waals surface area contributed by atoms with Gasteiger partial charge in [0.15, 0.2) is 15.6 Å². The second-order valence-electron chi connectivity index (χ2n) is 4.34. The van der Waals surface area contributed by atoms with Crippen LogP contribution in [0, 0.1) is 0 Å². The maximum atomic E-state index is 11.7. The number of ether oxygens (including phenoxy) is 1. The summed E-state index contributed by atoms with van der Waals surface area (Å²) in [6.07, 6.45) is 3.40. The molecule has 5 heteroatoms.